The number of anilines is 1. The molecule has 9 heteroatoms. The first-order valence-electron chi connectivity index (χ1n) is 14.5. The van der Waals surface area contributed by atoms with Gasteiger partial charge in [-0.05, 0) is 86.3 Å². The van der Waals surface area contributed by atoms with Gasteiger partial charge in [-0.2, -0.15) is 0 Å². The molecule has 0 saturated carbocycles. The monoisotopic (exact) mass is 609 g/mol. The molecule has 3 fully saturated rings. The molecular weight excluding hydrogens is 576 g/mol. The Morgan fingerprint density at radius 1 is 0.929 bits per heavy atom. The smallest absolute Gasteiger partial charge is 0.253 e. The number of rotatable bonds is 7. The van der Waals surface area contributed by atoms with Gasteiger partial charge in [0.25, 0.3) is 5.91 Å². The third-order valence-electron chi connectivity index (χ3n) is 9.40. The number of carbonyl (C=O) groups is 2. The zero-order valence-electron chi connectivity index (χ0n) is 23.3. The highest BCUT2D eigenvalue weighted by Gasteiger charge is 2.48. The van der Waals surface area contributed by atoms with Crippen molar-refractivity contribution in [3.63, 3.8) is 0 Å². The maximum absolute atomic E-state index is 14.3. The highest BCUT2D eigenvalue weighted by Crippen LogP contribution is 2.46. The van der Waals surface area contributed by atoms with Crippen molar-refractivity contribution in [1.29, 1.82) is 0 Å². The predicted molar refractivity (Wildman–Crippen MR) is 162 cm³/mol. The van der Waals surface area contributed by atoms with Crippen LogP contribution < -0.4 is 10.2 Å². The van der Waals surface area contributed by atoms with Gasteiger partial charge in [0.15, 0.2) is 0 Å². The summed E-state index contributed by atoms with van der Waals surface area (Å²) in [5.74, 6) is -0.475. The number of nitrogens with zero attached hydrogens (tertiary/aromatic N) is 2. The number of carbonyl (C=O) groups excluding carboxylic acids is 2. The van der Waals surface area contributed by atoms with Crippen LogP contribution in [-0.2, 0) is 25.3 Å². The number of amides is 2. The second kappa shape index (κ2) is 12.0. The van der Waals surface area contributed by atoms with Crippen LogP contribution in [0.25, 0.3) is 0 Å². The van der Waals surface area contributed by atoms with E-state index in [1.807, 2.05) is 48.5 Å². The van der Waals surface area contributed by atoms with Crippen molar-refractivity contribution in [3.05, 3.63) is 99.8 Å². The van der Waals surface area contributed by atoms with Gasteiger partial charge in [-0.3, -0.25) is 9.59 Å². The van der Waals surface area contributed by atoms with Gasteiger partial charge in [-0.1, -0.05) is 59.6 Å². The predicted octanol–water partition coefficient (Wildman–Crippen LogP) is 5.95. The molecular formula is C33H34Cl2FN3O3. The Hall–Kier alpha value is -2.97. The molecule has 3 aliphatic rings. The quantitative estimate of drug-likeness (QED) is 0.359. The van der Waals surface area contributed by atoms with E-state index in [-0.39, 0.29) is 30.2 Å². The van der Waals surface area contributed by atoms with Crippen LogP contribution in [0.5, 0.6) is 0 Å². The van der Waals surface area contributed by atoms with Crippen LogP contribution in [0.3, 0.4) is 0 Å². The largest absolute Gasteiger partial charge is 0.359 e. The molecule has 3 aromatic carbocycles. The van der Waals surface area contributed by atoms with Crippen molar-refractivity contribution in [2.45, 2.75) is 36.7 Å². The topological polar surface area (TPSA) is 61.9 Å². The summed E-state index contributed by atoms with van der Waals surface area (Å²) in [5.41, 5.74) is 1.41. The Balaban J connectivity index is 1.24. The number of piperidine rings is 1. The number of likely N-dealkylation sites (tertiary alicyclic amines) is 1. The highest BCUT2D eigenvalue weighted by molar-refractivity contribution is 6.42. The number of hydrogen-bond acceptors (Lipinski definition) is 4. The average molecular weight is 611 g/mol. The minimum absolute atomic E-state index is 0.0470. The Labute approximate surface area is 255 Å². The van der Waals surface area contributed by atoms with E-state index in [0.29, 0.717) is 36.1 Å². The van der Waals surface area contributed by atoms with Gasteiger partial charge in [0.05, 0.1) is 16.6 Å². The van der Waals surface area contributed by atoms with Crippen molar-refractivity contribution in [2.24, 2.45) is 5.92 Å². The fraction of sp³-hybridized carbons (Fsp3) is 0.394. The fourth-order valence-electron chi connectivity index (χ4n) is 7.03. The van der Waals surface area contributed by atoms with E-state index in [9.17, 15) is 14.0 Å². The molecule has 0 aliphatic carbocycles. The third kappa shape index (κ3) is 5.55. The maximum Gasteiger partial charge on any atom is 0.253 e. The Bertz CT molecular complexity index is 1460. The van der Waals surface area contributed by atoms with Crippen molar-refractivity contribution < 1.29 is 18.7 Å². The number of ether oxygens (including phenoxy) is 1. The summed E-state index contributed by atoms with van der Waals surface area (Å²) < 4.78 is 20.8. The minimum atomic E-state index is -0.791. The van der Waals surface area contributed by atoms with Crippen molar-refractivity contribution in [2.75, 3.05) is 44.2 Å². The van der Waals surface area contributed by atoms with E-state index >= 15 is 0 Å². The van der Waals surface area contributed by atoms with E-state index in [4.69, 9.17) is 27.9 Å². The number of morpholine rings is 1. The first-order valence-corrected chi connectivity index (χ1v) is 15.3. The van der Waals surface area contributed by atoms with Crippen LogP contribution in [0.4, 0.5) is 10.1 Å². The summed E-state index contributed by atoms with van der Waals surface area (Å²) in [6.07, 6.45) is 2.89. The molecule has 2 amide bonds. The molecule has 1 N–H and O–H groups in total. The molecule has 0 aromatic heterocycles. The van der Waals surface area contributed by atoms with Gasteiger partial charge >= 0.3 is 0 Å². The molecule has 3 saturated heterocycles. The van der Waals surface area contributed by atoms with Crippen LogP contribution in [0, 0.1) is 11.7 Å². The van der Waals surface area contributed by atoms with E-state index < -0.39 is 11.0 Å². The van der Waals surface area contributed by atoms with Gasteiger partial charge in [-0.25, -0.2) is 4.39 Å². The highest BCUT2D eigenvalue weighted by atomic mass is 35.5. The molecule has 6 rings (SSSR count). The molecule has 2 atom stereocenters. The van der Waals surface area contributed by atoms with E-state index in [2.05, 4.69) is 10.2 Å². The summed E-state index contributed by atoms with van der Waals surface area (Å²) in [5, 5.41) is 3.89. The average Bonchev–Trinajstić information content (AvgIpc) is 3.45. The molecule has 42 heavy (non-hydrogen) atoms. The second-order valence-corrected chi connectivity index (χ2v) is 12.4. The number of hydrogen-bond donors (Lipinski definition) is 1. The lowest BCUT2D eigenvalue weighted by molar-refractivity contribution is -0.141. The van der Waals surface area contributed by atoms with Crippen molar-refractivity contribution >= 4 is 40.7 Å². The summed E-state index contributed by atoms with van der Waals surface area (Å²) in [6.45, 7) is 3.20. The summed E-state index contributed by atoms with van der Waals surface area (Å²) in [7, 11) is 0. The Morgan fingerprint density at radius 2 is 1.71 bits per heavy atom. The van der Waals surface area contributed by atoms with Gasteiger partial charge < -0.3 is 19.9 Å². The lowest BCUT2D eigenvalue weighted by Gasteiger charge is -2.47. The van der Waals surface area contributed by atoms with E-state index in [0.717, 1.165) is 49.2 Å². The summed E-state index contributed by atoms with van der Waals surface area (Å²) in [6, 6.07) is 21.9. The number of para-hydroxylation sites is 1. The van der Waals surface area contributed by atoms with Crippen molar-refractivity contribution in [3.8, 4) is 0 Å². The fourth-order valence-corrected chi connectivity index (χ4v) is 7.33. The third-order valence-corrected chi connectivity index (χ3v) is 10.1. The lowest BCUT2D eigenvalue weighted by atomic mass is 9.63. The van der Waals surface area contributed by atoms with Gasteiger partial charge in [0.2, 0.25) is 5.91 Å². The van der Waals surface area contributed by atoms with Gasteiger partial charge in [0, 0.05) is 30.1 Å². The first-order chi connectivity index (χ1) is 20.3. The molecule has 2 unspecified atom stereocenters. The summed E-state index contributed by atoms with van der Waals surface area (Å²) in [4.78, 5) is 30.1. The Morgan fingerprint density at radius 3 is 2.40 bits per heavy atom. The molecule has 220 valence electrons. The molecule has 3 aliphatic heterocycles. The van der Waals surface area contributed by atoms with Crippen LogP contribution in [0.1, 0.15) is 36.8 Å². The zero-order valence-corrected chi connectivity index (χ0v) is 24.8. The van der Waals surface area contributed by atoms with Crippen LogP contribution >= 0.6 is 23.2 Å². The first kappa shape index (κ1) is 29.1. The van der Waals surface area contributed by atoms with E-state index in [1.54, 1.807) is 23.1 Å². The van der Waals surface area contributed by atoms with Crippen molar-refractivity contribution in [1.82, 2.24) is 10.2 Å². The van der Waals surface area contributed by atoms with Crippen LogP contribution in [0.15, 0.2) is 72.8 Å². The SMILES string of the molecule is O=C1NCCC1C1(c2cccc(F)c2)CCN(CCC2(c3ccc(Cl)c(Cl)c3)CN(c3ccccc3)C(=O)CO2)CC1. The summed E-state index contributed by atoms with van der Waals surface area (Å²) >= 11 is 12.7. The molecule has 0 radical (unpaired) electrons. The standard InChI is InChI=1S/C33H34Cl2FN3O3/c34-28-10-9-24(20-29(28)35)33(22-39(30(40)21-42-33)26-7-2-1-3-8-26)14-18-38-16-12-32(13-17-38,27-11-15-37-31(27)41)23-5-4-6-25(36)19-23/h1-10,19-20,27H,11-18,21-22H2,(H,37,41). The zero-order chi connectivity index (χ0) is 29.3. The van der Waals surface area contributed by atoms with Crippen LogP contribution in [-0.4, -0.2) is 56.0 Å². The number of nitrogens with one attached hydrogen (secondary N) is 1. The van der Waals surface area contributed by atoms with Crippen LogP contribution in [0.2, 0.25) is 10.0 Å². The van der Waals surface area contributed by atoms with Gasteiger partial charge in [0.1, 0.15) is 18.0 Å². The van der Waals surface area contributed by atoms with Gasteiger partial charge in [-0.15, -0.1) is 0 Å². The molecule has 3 aromatic rings. The Kier molecular flexibility index (Phi) is 8.29. The molecule has 0 bridgehead atoms. The lowest BCUT2D eigenvalue weighted by Crippen LogP contribution is -2.55. The molecule has 3 heterocycles. The maximum atomic E-state index is 14.3. The molecule has 0 spiro atoms. The molecule has 6 nitrogen and oxygen atoms in total. The normalized spacial score (nSPS) is 24.5. The van der Waals surface area contributed by atoms with E-state index in [1.165, 1.54) is 6.07 Å². The minimum Gasteiger partial charge on any atom is -0.359 e. The number of halogens is 3. The number of benzene rings is 3. The second-order valence-electron chi connectivity index (χ2n) is 11.6.